The van der Waals surface area contributed by atoms with Crippen LogP contribution in [0.3, 0.4) is 0 Å². The van der Waals surface area contributed by atoms with E-state index in [0.29, 0.717) is 54.7 Å². The molecule has 2 bridgehead atoms. The first kappa shape index (κ1) is 37.3. The molecule has 11 heteroatoms. The van der Waals surface area contributed by atoms with E-state index >= 15 is 0 Å². The number of nitrogens with zero attached hydrogens (tertiary/aromatic N) is 1. The third kappa shape index (κ3) is 7.55. The van der Waals surface area contributed by atoms with E-state index in [1.54, 1.807) is 37.3 Å². The largest absolute Gasteiger partial charge is 0.462 e. The first-order valence-corrected chi connectivity index (χ1v) is 18.4. The average molecular weight is 706 g/mol. The predicted molar refractivity (Wildman–Crippen MR) is 189 cm³/mol. The number of para-hydroxylation sites is 1. The molecule has 5 aliphatic rings. The molecule has 6 rings (SSSR count). The lowest BCUT2D eigenvalue weighted by Crippen LogP contribution is -2.57. The van der Waals surface area contributed by atoms with Crippen LogP contribution in [0.4, 0.5) is 5.69 Å². The summed E-state index contributed by atoms with van der Waals surface area (Å²) in [6.45, 7) is 10.2. The van der Waals surface area contributed by atoms with Crippen LogP contribution >= 0.6 is 0 Å². The number of allylic oxidation sites excluding steroid dienone is 2. The van der Waals surface area contributed by atoms with Gasteiger partial charge in [-0.25, -0.2) is 0 Å². The van der Waals surface area contributed by atoms with Gasteiger partial charge in [0, 0.05) is 43.2 Å². The van der Waals surface area contributed by atoms with Gasteiger partial charge in [-0.05, 0) is 55.7 Å². The van der Waals surface area contributed by atoms with Crippen LogP contribution in [0.1, 0.15) is 78.7 Å². The van der Waals surface area contributed by atoms with Crippen molar-refractivity contribution in [2.75, 3.05) is 13.2 Å². The van der Waals surface area contributed by atoms with E-state index in [1.165, 1.54) is 12.1 Å². The van der Waals surface area contributed by atoms with Crippen LogP contribution in [0.25, 0.3) is 0 Å². The lowest BCUT2D eigenvalue weighted by molar-refractivity contribution is -0.385. The van der Waals surface area contributed by atoms with Crippen molar-refractivity contribution in [3.63, 3.8) is 0 Å². The molecule has 0 unspecified atom stereocenters. The number of ketones is 1. The maximum absolute atomic E-state index is 14.1. The Balaban J connectivity index is 1.35. The first-order valence-electron chi connectivity index (χ1n) is 18.4. The van der Waals surface area contributed by atoms with Crippen molar-refractivity contribution in [3.05, 3.63) is 87.0 Å². The highest BCUT2D eigenvalue weighted by atomic mass is 16.7. The molecule has 51 heavy (non-hydrogen) atoms. The van der Waals surface area contributed by atoms with E-state index in [9.17, 15) is 24.8 Å². The van der Waals surface area contributed by atoms with E-state index in [2.05, 4.69) is 19.9 Å². The zero-order valence-electron chi connectivity index (χ0n) is 30.2. The van der Waals surface area contributed by atoms with Gasteiger partial charge in [-0.15, -0.1) is 0 Å². The highest BCUT2D eigenvalue weighted by molar-refractivity contribution is 6.03. The summed E-state index contributed by atoms with van der Waals surface area (Å²) in [6, 6.07) is 6.68. The number of nitro benzene ring substituents is 1. The molecule has 0 aromatic heterocycles. The molecule has 1 aromatic rings. The Bertz CT molecular complexity index is 1630. The number of benzene rings is 1. The van der Waals surface area contributed by atoms with Gasteiger partial charge in [0.05, 0.1) is 36.4 Å². The molecule has 3 fully saturated rings. The standard InChI is InChI=1S/C40H51NO10/c1-6-34-24(2)16-18-39(51-34)22-31-21-30(50-39)15-14-26(4)36(47-19-17-28-11-7-8-13-33(28)41(45)46)25(3)10-9-12-29-23-48-37-35(42)27(5)20-32(38(43)49-31)40(29,37)44/h7-14,20,24-25,30-32,34,36-37,44H,6,15-19,21-23H2,1-5H3/b10-9+,26-14+,29-12+/t24-,25-,30+,31-,32-,34+,36+,37+,39+,40+/m0/s1. The molecule has 1 aromatic carbocycles. The van der Waals surface area contributed by atoms with Crippen molar-refractivity contribution in [2.45, 2.75) is 121 Å². The molecule has 4 heterocycles. The first-order chi connectivity index (χ1) is 24.3. The Kier molecular flexibility index (Phi) is 11.1. The van der Waals surface area contributed by atoms with E-state index in [-0.39, 0.29) is 53.8 Å². The van der Waals surface area contributed by atoms with Crippen molar-refractivity contribution in [1.29, 1.82) is 0 Å². The Labute approximate surface area is 299 Å². The van der Waals surface area contributed by atoms with Crippen LogP contribution in [-0.2, 0) is 39.7 Å². The predicted octanol–water partition coefficient (Wildman–Crippen LogP) is 6.28. The number of hydrogen-bond donors (Lipinski definition) is 1. The molecule has 4 aliphatic heterocycles. The second-order valence-electron chi connectivity index (χ2n) is 15.0. The van der Waals surface area contributed by atoms with Gasteiger partial charge in [-0.2, -0.15) is 0 Å². The summed E-state index contributed by atoms with van der Waals surface area (Å²) in [5, 5.41) is 23.9. The van der Waals surface area contributed by atoms with Gasteiger partial charge in [0.1, 0.15) is 17.6 Å². The molecule has 1 spiro atoms. The van der Waals surface area contributed by atoms with Crippen LogP contribution in [0.2, 0.25) is 0 Å². The van der Waals surface area contributed by atoms with Gasteiger partial charge in [-0.1, -0.05) is 69.4 Å². The molecule has 3 saturated heterocycles. The number of esters is 1. The molecular weight excluding hydrogens is 654 g/mol. The summed E-state index contributed by atoms with van der Waals surface area (Å²) in [4.78, 5) is 38.5. The number of aliphatic hydroxyl groups is 1. The van der Waals surface area contributed by atoms with E-state index < -0.39 is 35.5 Å². The number of carbonyl (C=O) groups is 2. The molecule has 0 amide bonds. The summed E-state index contributed by atoms with van der Waals surface area (Å²) in [5.41, 5.74) is 0.500. The van der Waals surface area contributed by atoms with Gasteiger partial charge in [0.25, 0.3) is 5.69 Å². The molecule has 11 nitrogen and oxygen atoms in total. The number of carbonyl (C=O) groups excluding carboxylic acids is 2. The fourth-order valence-electron chi connectivity index (χ4n) is 8.50. The second-order valence-corrected chi connectivity index (χ2v) is 15.0. The van der Waals surface area contributed by atoms with Gasteiger partial charge >= 0.3 is 5.97 Å². The Morgan fingerprint density at radius 2 is 1.90 bits per heavy atom. The molecule has 1 aliphatic carbocycles. The molecule has 0 saturated carbocycles. The van der Waals surface area contributed by atoms with Crippen molar-refractivity contribution >= 4 is 17.4 Å². The Morgan fingerprint density at radius 1 is 1.12 bits per heavy atom. The van der Waals surface area contributed by atoms with E-state index in [4.69, 9.17) is 23.7 Å². The van der Waals surface area contributed by atoms with E-state index in [1.807, 2.05) is 19.9 Å². The molecular formula is C40H51NO10. The summed E-state index contributed by atoms with van der Waals surface area (Å²) < 4.78 is 32.1. The zero-order valence-corrected chi connectivity index (χ0v) is 30.2. The van der Waals surface area contributed by atoms with E-state index in [0.717, 1.165) is 18.4 Å². The van der Waals surface area contributed by atoms with Crippen LogP contribution in [0.5, 0.6) is 0 Å². The highest BCUT2D eigenvalue weighted by Crippen LogP contribution is 2.46. The summed E-state index contributed by atoms with van der Waals surface area (Å²) in [5.74, 6) is -2.80. The lowest BCUT2D eigenvalue weighted by Gasteiger charge is -2.49. The summed E-state index contributed by atoms with van der Waals surface area (Å²) in [6.07, 6.45) is 10.8. The zero-order chi connectivity index (χ0) is 36.5. The Morgan fingerprint density at radius 3 is 2.67 bits per heavy atom. The number of fused-ring (bicyclic) bond motifs is 2. The van der Waals surface area contributed by atoms with Crippen molar-refractivity contribution < 1.29 is 43.3 Å². The second kappa shape index (κ2) is 15.2. The quantitative estimate of drug-likeness (QED) is 0.156. The number of rotatable bonds is 6. The average Bonchev–Trinajstić information content (AvgIpc) is 3.44. The SMILES string of the molecule is CC[C@H]1O[C@]2(CC[C@@H]1C)C[C@@H]1C[C@@H](C/C=C(\C)[C@H](OCCc3ccccc3[N+](=O)[O-])[C@@H](C)/C=C/C=C3\CO[C@@H]4C(=O)C(C)=C[C@@H](C(=O)O1)[C@]34O)O2. The van der Waals surface area contributed by atoms with Crippen molar-refractivity contribution in [3.8, 4) is 0 Å². The molecule has 10 atom stereocenters. The molecule has 1 N–H and O–H groups in total. The Hall–Kier alpha value is -3.48. The molecule has 276 valence electrons. The van der Waals surface area contributed by atoms with Crippen molar-refractivity contribution in [1.82, 2.24) is 0 Å². The van der Waals surface area contributed by atoms with Crippen molar-refractivity contribution in [2.24, 2.45) is 17.8 Å². The maximum Gasteiger partial charge on any atom is 0.316 e. The smallest absolute Gasteiger partial charge is 0.316 e. The minimum absolute atomic E-state index is 0.00888. The number of hydrogen-bond acceptors (Lipinski definition) is 10. The fraction of sp³-hybridized carbons (Fsp3) is 0.600. The molecule has 0 radical (unpaired) electrons. The van der Waals surface area contributed by atoms with Gasteiger partial charge in [-0.3, -0.25) is 19.7 Å². The lowest BCUT2D eigenvalue weighted by atomic mass is 9.71. The summed E-state index contributed by atoms with van der Waals surface area (Å²) in [7, 11) is 0. The summed E-state index contributed by atoms with van der Waals surface area (Å²) >= 11 is 0. The van der Waals surface area contributed by atoms with Gasteiger partial charge < -0.3 is 28.8 Å². The number of ether oxygens (including phenoxy) is 5. The third-order valence-electron chi connectivity index (χ3n) is 11.4. The highest BCUT2D eigenvalue weighted by Gasteiger charge is 2.60. The maximum atomic E-state index is 14.1. The van der Waals surface area contributed by atoms with Crippen LogP contribution in [-0.4, -0.2) is 76.9 Å². The van der Waals surface area contributed by atoms with Gasteiger partial charge in [0.15, 0.2) is 17.7 Å². The number of nitro groups is 1. The monoisotopic (exact) mass is 705 g/mol. The van der Waals surface area contributed by atoms with Gasteiger partial charge in [0.2, 0.25) is 0 Å². The number of Topliss-reactive ketones (excluding diaryl/α,β-unsaturated/α-hetero) is 1. The topological polar surface area (TPSA) is 144 Å². The third-order valence-corrected chi connectivity index (χ3v) is 11.4. The normalized spacial score (nSPS) is 39.9. The van der Waals surface area contributed by atoms with Crippen LogP contribution < -0.4 is 0 Å². The van der Waals surface area contributed by atoms with Crippen LogP contribution in [0.15, 0.2) is 71.4 Å². The fourth-order valence-corrected chi connectivity index (χ4v) is 8.50. The van der Waals surface area contributed by atoms with Crippen LogP contribution in [0, 0.1) is 27.9 Å². The minimum atomic E-state index is -1.90. The minimum Gasteiger partial charge on any atom is -0.462 e.